The van der Waals surface area contributed by atoms with Gasteiger partial charge < -0.3 is 4.74 Å². The highest BCUT2D eigenvalue weighted by molar-refractivity contribution is 7.14. The van der Waals surface area contributed by atoms with E-state index in [1.54, 1.807) is 0 Å². The van der Waals surface area contributed by atoms with Gasteiger partial charge in [-0.05, 0) is 19.9 Å². The van der Waals surface area contributed by atoms with Crippen molar-refractivity contribution in [1.82, 2.24) is 20.1 Å². The smallest absolute Gasteiger partial charge is 0.278 e. The second-order valence-electron chi connectivity index (χ2n) is 6.67. The monoisotopic (exact) mass is 371 g/mol. The van der Waals surface area contributed by atoms with Crippen LogP contribution in [0.3, 0.4) is 0 Å². The number of nitrogens with zero attached hydrogens (tertiary/aromatic N) is 3. The third-order valence-electron chi connectivity index (χ3n) is 4.34. The number of nitrogens with one attached hydrogen (secondary N) is 2. The van der Waals surface area contributed by atoms with Crippen LogP contribution in [0.5, 0.6) is 0 Å². The van der Waals surface area contributed by atoms with Gasteiger partial charge in [-0.2, -0.15) is 5.10 Å². The van der Waals surface area contributed by atoms with Crippen LogP contribution < -0.4 is 5.32 Å². The number of H-pyrrole nitrogens is 1. The van der Waals surface area contributed by atoms with Crippen LogP contribution in [0.2, 0.25) is 0 Å². The number of carbonyl (C=O) groups excluding carboxylic acids is 1. The van der Waals surface area contributed by atoms with Crippen LogP contribution in [-0.2, 0) is 11.3 Å². The molecule has 26 heavy (non-hydrogen) atoms. The number of ether oxygens (including phenoxy) is 1. The number of aromatic amines is 1. The fourth-order valence-corrected chi connectivity index (χ4v) is 4.07. The summed E-state index contributed by atoms with van der Waals surface area (Å²) in [6.45, 7) is 6.72. The van der Waals surface area contributed by atoms with E-state index < -0.39 is 0 Å². The minimum atomic E-state index is -0.253. The summed E-state index contributed by atoms with van der Waals surface area (Å²) in [5.41, 5.74) is 2.18. The van der Waals surface area contributed by atoms with E-state index in [1.165, 1.54) is 11.3 Å². The Hall–Kier alpha value is -2.29. The summed E-state index contributed by atoms with van der Waals surface area (Å²) in [5, 5.41) is 13.2. The zero-order chi connectivity index (χ0) is 18.1. The van der Waals surface area contributed by atoms with Crippen LogP contribution in [0, 0.1) is 0 Å². The van der Waals surface area contributed by atoms with Gasteiger partial charge in [0, 0.05) is 30.4 Å². The fraction of sp³-hybridized carbons (Fsp3) is 0.389. The SMILES string of the molecule is C[C@@H]1CN(Cc2csc(NC(=O)c3n[nH]c4ccccc34)n2)C[C@H](C)O1. The summed E-state index contributed by atoms with van der Waals surface area (Å²) in [6.07, 6.45) is 0.453. The lowest BCUT2D eigenvalue weighted by molar-refractivity contribution is -0.0707. The number of para-hydroxylation sites is 1. The Bertz CT molecular complexity index is 911. The molecule has 1 aliphatic heterocycles. The molecule has 8 heteroatoms. The molecule has 0 spiro atoms. The van der Waals surface area contributed by atoms with Crippen LogP contribution in [-0.4, -0.2) is 51.3 Å². The molecule has 3 aromatic rings. The van der Waals surface area contributed by atoms with Gasteiger partial charge >= 0.3 is 0 Å². The summed E-state index contributed by atoms with van der Waals surface area (Å²) in [7, 11) is 0. The van der Waals surface area contributed by atoms with Crippen LogP contribution in [0.1, 0.15) is 30.0 Å². The van der Waals surface area contributed by atoms with E-state index in [2.05, 4.69) is 39.2 Å². The van der Waals surface area contributed by atoms with Crippen molar-refractivity contribution in [2.45, 2.75) is 32.6 Å². The average molecular weight is 371 g/mol. The highest BCUT2D eigenvalue weighted by Gasteiger charge is 2.23. The minimum absolute atomic E-state index is 0.226. The van der Waals surface area contributed by atoms with Gasteiger partial charge in [-0.25, -0.2) is 4.98 Å². The molecule has 0 aliphatic carbocycles. The predicted molar refractivity (Wildman–Crippen MR) is 101 cm³/mol. The standard InChI is InChI=1S/C18H21N5O2S/c1-11-7-23(8-12(2)25-11)9-13-10-26-18(19-13)20-17(24)16-14-5-3-4-6-15(14)21-22-16/h3-6,10-12H,7-9H2,1-2H3,(H,21,22)(H,19,20,24)/t11-,12+. The van der Waals surface area contributed by atoms with Gasteiger partial charge in [0.2, 0.25) is 0 Å². The fourth-order valence-electron chi connectivity index (χ4n) is 3.37. The molecule has 1 saturated heterocycles. The first-order valence-corrected chi connectivity index (χ1v) is 9.53. The van der Waals surface area contributed by atoms with E-state index in [0.29, 0.717) is 10.8 Å². The molecule has 4 rings (SSSR count). The maximum Gasteiger partial charge on any atom is 0.278 e. The third-order valence-corrected chi connectivity index (χ3v) is 5.15. The first-order valence-electron chi connectivity index (χ1n) is 8.65. The highest BCUT2D eigenvalue weighted by Crippen LogP contribution is 2.21. The van der Waals surface area contributed by atoms with E-state index in [0.717, 1.165) is 36.2 Å². The number of hydrogen-bond donors (Lipinski definition) is 2. The van der Waals surface area contributed by atoms with E-state index in [4.69, 9.17) is 4.74 Å². The molecule has 1 aromatic carbocycles. The van der Waals surface area contributed by atoms with Gasteiger partial charge in [-0.3, -0.25) is 20.1 Å². The number of morpholine rings is 1. The van der Waals surface area contributed by atoms with Crippen molar-refractivity contribution in [2.75, 3.05) is 18.4 Å². The Labute approximate surface area is 155 Å². The highest BCUT2D eigenvalue weighted by atomic mass is 32.1. The lowest BCUT2D eigenvalue weighted by atomic mass is 10.2. The molecule has 136 valence electrons. The number of carbonyl (C=O) groups is 1. The molecule has 0 saturated carbocycles. The summed E-state index contributed by atoms with van der Waals surface area (Å²) in [6, 6.07) is 7.57. The van der Waals surface area contributed by atoms with Crippen molar-refractivity contribution in [1.29, 1.82) is 0 Å². The van der Waals surface area contributed by atoms with Gasteiger partial charge in [0.25, 0.3) is 5.91 Å². The van der Waals surface area contributed by atoms with Gasteiger partial charge in [0.1, 0.15) is 0 Å². The number of amides is 1. The minimum Gasteiger partial charge on any atom is -0.373 e. The molecule has 0 radical (unpaired) electrons. The molecule has 1 fully saturated rings. The quantitative estimate of drug-likeness (QED) is 0.737. The molecule has 2 aromatic heterocycles. The van der Waals surface area contributed by atoms with Gasteiger partial charge in [0.15, 0.2) is 10.8 Å². The van der Waals surface area contributed by atoms with Crippen LogP contribution >= 0.6 is 11.3 Å². The summed E-state index contributed by atoms with van der Waals surface area (Å²) in [5.74, 6) is -0.253. The average Bonchev–Trinajstić information content (AvgIpc) is 3.20. The second kappa shape index (κ2) is 7.14. The third kappa shape index (κ3) is 3.62. The maximum absolute atomic E-state index is 12.5. The molecule has 7 nitrogen and oxygen atoms in total. The molecule has 1 aliphatic rings. The summed E-state index contributed by atoms with van der Waals surface area (Å²) >= 11 is 1.43. The molecular weight excluding hydrogens is 350 g/mol. The lowest BCUT2D eigenvalue weighted by Gasteiger charge is -2.34. The second-order valence-corrected chi connectivity index (χ2v) is 7.53. The van der Waals surface area contributed by atoms with Crippen molar-refractivity contribution in [2.24, 2.45) is 0 Å². The molecule has 2 atom stereocenters. The molecule has 0 bridgehead atoms. The zero-order valence-corrected chi connectivity index (χ0v) is 15.5. The zero-order valence-electron chi connectivity index (χ0n) is 14.7. The van der Waals surface area contributed by atoms with E-state index in [-0.39, 0.29) is 18.1 Å². The lowest BCUT2D eigenvalue weighted by Crippen LogP contribution is -2.44. The number of hydrogen-bond acceptors (Lipinski definition) is 6. The Morgan fingerprint density at radius 1 is 1.35 bits per heavy atom. The van der Waals surface area contributed by atoms with Crippen molar-refractivity contribution in [3.05, 3.63) is 41.0 Å². The molecule has 0 unspecified atom stereocenters. The Balaban J connectivity index is 1.42. The largest absolute Gasteiger partial charge is 0.373 e. The maximum atomic E-state index is 12.5. The number of anilines is 1. The first-order chi connectivity index (χ1) is 12.6. The van der Waals surface area contributed by atoms with E-state index in [1.807, 2.05) is 29.6 Å². The van der Waals surface area contributed by atoms with Crippen molar-refractivity contribution >= 4 is 33.3 Å². The number of rotatable bonds is 4. The van der Waals surface area contributed by atoms with Gasteiger partial charge in [0.05, 0.1) is 23.4 Å². The molecule has 2 N–H and O–H groups in total. The topological polar surface area (TPSA) is 83.1 Å². The number of thiazole rings is 1. The number of aromatic nitrogens is 3. The van der Waals surface area contributed by atoms with E-state index >= 15 is 0 Å². The van der Waals surface area contributed by atoms with Gasteiger partial charge in [-0.15, -0.1) is 11.3 Å². The number of benzene rings is 1. The molecule has 1 amide bonds. The number of fused-ring (bicyclic) bond motifs is 1. The predicted octanol–water partition coefficient (Wildman–Crippen LogP) is 2.88. The van der Waals surface area contributed by atoms with Crippen molar-refractivity contribution in [3.8, 4) is 0 Å². The normalized spacial score (nSPS) is 21.2. The Morgan fingerprint density at radius 3 is 2.92 bits per heavy atom. The van der Waals surface area contributed by atoms with Crippen LogP contribution in [0.4, 0.5) is 5.13 Å². The van der Waals surface area contributed by atoms with Crippen molar-refractivity contribution < 1.29 is 9.53 Å². The summed E-state index contributed by atoms with van der Waals surface area (Å²) < 4.78 is 5.76. The molecular formula is C18H21N5O2S. The Morgan fingerprint density at radius 2 is 2.12 bits per heavy atom. The van der Waals surface area contributed by atoms with Crippen LogP contribution in [0.15, 0.2) is 29.6 Å². The van der Waals surface area contributed by atoms with Crippen molar-refractivity contribution in [3.63, 3.8) is 0 Å². The molecule has 3 heterocycles. The van der Waals surface area contributed by atoms with Gasteiger partial charge in [-0.1, -0.05) is 18.2 Å². The van der Waals surface area contributed by atoms with Crippen LogP contribution in [0.25, 0.3) is 10.9 Å². The Kier molecular flexibility index (Phi) is 4.71. The van der Waals surface area contributed by atoms with E-state index in [9.17, 15) is 4.79 Å². The first kappa shape index (κ1) is 17.1. The summed E-state index contributed by atoms with van der Waals surface area (Å²) in [4.78, 5) is 19.4.